The van der Waals surface area contributed by atoms with Gasteiger partial charge in [-0.25, -0.2) is 0 Å². The third kappa shape index (κ3) is 2.70. The van der Waals surface area contributed by atoms with Gasteiger partial charge in [-0.1, -0.05) is 0 Å². The highest BCUT2D eigenvalue weighted by atomic mass is 16.3. The average Bonchev–Trinajstić information content (AvgIpc) is 3.07. The van der Waals surface area contributed by atoms with Crippen molar-refractivity contribution in [2.45, 2.75) is 50.0 Å². The lowest BCUT2D eigenvalue weighted by Gasteiger charge is -2.36. The van der Waals surface area contributed by atoms with Crippen LogP contribution in [0.2, 0.25) is 0 Å². The molecular weight excluding hydrogens is 258 g/mol. The first kappa shape index (κ1) is 14.3. The number of aliphatic hydroxyl groups excluding tert-OH is 2. The first-order chi connectivity index (χ1) is 9.66. The van der Waals surface area contributed by atoms with E-state index in [1.54, 1.807) is 4.90 Å². The van der Waals surface area contributed by atoms with Crippen molar-refractivity contribution in [3.63, 3.8) is 0 Å². The normalized spacial score (nSPS) is 36.7. The van der Waals surface area contributed by atoms with Crippen molar-refractivity contribution in [2.24, 2.45) is 0 Å². The van der Waals surface area contributed by atoms with Crippen LogP contribution in [-0.4, -0.2) is 82.9 Å². The topological polar surface area (TPSA) is 76.0 Å². The van der Waals surface area contributed by atoms with Crippen LogP contribution in [0, 0.1) is 0 Å². The summed E-state index contributed by atoms with van der Waals surface area (Å²) in [5, 5.41) is 22.6. The maximum Gasteiger partial charge on any atom is 0.240 e. The number of nitrogens with one attached hydrogen (secondary N) is 1. The number of rotatable bonds is 2. The van der Waals surface area contributed by atoms with Gasteiger partial charge < -0.3 is 20.4 Å². The van der Waals surface area contributed by atoms with Crippen LogP contribution in [0.15, 0.2) is 0 Å². The second-order valence-electron chi connectivity index (χ2n) is 6.25. The van der Waals surface area contributed by atoms with E-state index in [1.165, 1.54) is 0 Å². The van der Waals surface area contributed by atoms with Crippen molar-refractivity contribution in [3.8, 4) is 0 Å². The minimum Gasteiger partial charge on any atom is -0.388 e. The molecule has 20 heavy (non-hydrogen) atoms. The second kappa shape index (κ2) is 5.97. The van der Waals surface area contributed by atoms with Crippen LogP contribution in [0.3, 0.4) is 0 Å². The second-order valence-corrected chi connectivity index (χ2v) is 6.25. The van der Waals surface area contributed by atoms with Crippen LogP contribution >= 0.6 is 0 Å². The van der Waals surface area contributed by atoms with Crippen molar-refractivity contribution in [3.05, 3.63) is 0 Å². The molecule has 0 aromatic heterocycles. The zero-order valence-corrected chi connectivity index (χ0v) is 11.9. The van der Waals surface area contributed by atoms with E-state index < -0.39 is 12.2 Å². The first-order valence-electron chi connectivity index (χ1n) is 7.78. The molecule has 3 fully saturated rings. The Morgan fingerprint density at radius 2 is 1.70 bits per heavy atom. The third-order valence-corrected chi connectivity index (χ3v) is 4.93. The van der Waals surface area contributed by atoms with Crippen molar-refractivity contribution in [2.75, 3.05) is 32.7 Å². The lowest BCUT2D eigenvalue weighted by atomic mass is 10.0. The quantitative estimate of drug-likeness (QED) is 0.591. The number of piperidine rings is 1. The van der Waals surface area contributed by atoms with Gasteiger partial charge in [0.05, 0.1) is 18.2 Å². The fourth-order valence-corrected chi connectivity index (χ4v) is 3.79. The van der Waals surface area contributed by atoms with Gasteiger partial charge in [0, 0.05) is 19.1 Å². The summed E-state index contributed by atoms with van der Waals surface area (Å²) in [7, 11) is 0. The van der Waals surface area contributed by atoms with Crippen molar-refractivity contribution < 1.29 is 15.0 Å². The lowest BCUT2D eigenvalue weighted by molar-refractivity contribution is -0.136. The van der Waals surface area contributed by atoms with Gasteiger partial charge in [0.2, 0.25) is 5.91 Å². The molecule has 3 aliphatic rings. The predicted molar refractivity (Wildman–Crippen MR) is 74.2 cm³/mol. The van der Waals surface area contributed by atoms with Gasteiger partial charge in [-0.3, -0.25) is 9.69 Å². The molecule has 3 heterocycles. The number of aliphatic hydroxyl groups is 2. The largest absolute Gasteiger partial charge is 0.388 e. The van der Waals surface area contributed by atoms with Gasteiger partial charge in [0.15, 0.2) is 0 Å². The van der Waals surface area contributed by atoms with Crippen LogP contribution in [0.4, 0.5) is 0 Å². The standard InChI is InChI=1S/C14H25N3O3/c18-12-8-16(9-13(12)19)14(20)11-2-1-7-17(11)10-3-5-15-6-4-10/h10-13,15,18-19H,1-9H2/t11?,12-,13+. The maximum absolute atomic E-state index is 12.6. The zero-order valence-electron chi connectivity index (χ0n) is 11.9. The highest BCUT2D eigenvalue weighted by Gasteiger charge is 2.41. The summed E-state index contributed by atoms with van der Waals surface area (Å²) in [5.74, 6) is 0.0941. The van der Waals surface area contributed by atoms with E-state index in [2.05, 4.69) is 10.2 Å². The molecule has 0 aromatic rings. The summed E-state index contributed by atoms with van der Waals surface area (Å²) in [6, 6.07) is 0.459. The molecule has 3 saturated heterocycles. The summed E-state index contributed by atoms with van der Waals surface area (Å²) in [6.07, 6.45) is 2.62. The van der Waals surface area contributed by atoms with E-state index in [0.29, 0.717) is 6.04 Å². The van der Waals surface area contributed by atoms with Gasteiger partial charge in [-0.05, 0) is 45.3 Å². The Bertz CT molecular complexity index is 350. The Balaban J connectivity index is 1.64. The number of hydrogen-bond acceptors (Lipinski definition) is 5. The Morgan fingerprint density at radius 3 is 2.35 bits per heavy atom. The first-order valence-corrected chi connectivity index (χ1v) is 7.78. The summed E-state index contributed by atoms with van der Waals surface area (Å²) in [6.45, 7) is 3.61. The average molecular weight is 283 g/mol. The van der Waals surface area contributed by atoms with Gasteiger partial charge in [-0.15, -0.1) is 0 Å². The number of hydrogen-bond donors (Lipinski definition) is 3. The summed E-state index contributed by atoms with van der Waals surface area (Å²) in [5.41, 5.74) is 0. The van der Waals surface area contributed by atoms with Crippen LogP contribution in [0.5, 0.6) is 0 Å². The lowest BCUT2D eigenvalue weighted by Crippen LogP contribution is -2.51. The summed E-state index contributed by atoms with van der Waals surface area (Å²) >= 11 is 0. The Hall–Kier alpha value is -0.690. The number of amides is 1. The van der Waals surface area contributed by atoms with E-state index in [-0.39, 0.29) is 25.0 Å². The fourth-order valence-electron chi connectivity index (χ4n) is 3.79. The molecular formula is C14H25N3O3. The van der Waals surface area contributed by atoms with Crippen molar-refractivity contribution in [1.29, 1.82) is 0 Å². The number of carbonyl (C=O) groups excluding carboxylic acids is 1. The predicted octanol–water partition coefficient (Wildman–Crippen LogP) is -1.23. The highest BCUT2D eigenvalue weighted by molar-refractivity contribution is 5.82. The zero-order chi connectivity index (χ0) is 14.1. The minimum absolute atomic E-state index is 0.0457. The maximum atomic E-state index is 12.6. The monoisotopic (exact) mass is 283 g/mol. The number of carbonyl (C=O) groups is 1. The molecule has 6 heteroatoms. The molecule has 3 aliphatic heterocycles. The number of β-amino-alcohol motifs (C(OH)–C–C–N with tert-alkyl or cyclic N) is 2. The smallest absolute Gasteiger partial charge is 0.240 e. The fraction of sp³-hybridized carbons (Fsp3) is 0.929. The van der Waals surface area contributed by atoms with E-state index >= 15 is 0 Å². The molecule has 114 valence electrons. The van der Waals surface area contributed by atoms with E-state index in [4.69, 9.17) is 0 Å². The number of likely N-dealkylation sites (tertiary alicyclic amines) is 2. The molecule has 0 aromatic carbocycles. The van der Waals surface area contributed by atoms with Gasteiger partial charge in [0.25, 0.3) is 0 Å². The summed E-state index contributed by atoms with van der Waals surface area (Å²) < 4.78 is 0. The Morgan fingerprint density at radius 1 is 1.05 bits per heavy atom. The number of nitrogens with zero attached hydrogens (tertiary/aromatic N) is 2. The molecule has 0 spiro atoms. The molecule has 1 amide bonds. The van der Waals surface area contributed by atoms with E-state index in [9.17, 15) is 15.0 Å². The van der Waals surface area contributed by atoms with Crippen LogP contribution in [-0.2, 0) is 4.79 Å². The van der Waals surface area contributed by atoms with Crippen molar-refractivity contribution in [1.82, 2.24) is 15.1 Å². The molecule has 0 bridgehead atoms. The Kier molecular flexibility index (Phi) is 4.26. The van der Waals surface area contributed by atoms with Gasteiger partial charge in [0.1, 0.15) is 0 Å². The minimum atomic E-state index is -0.785. The molecule has 0 aliphatic carbocycles. The molecule has 6 nitrogen and oxygen atoms in total. The highest BCUT2D eigenvalue weighted by Crippen LogP contribution is 2.26. The van der Waals surface area contributed by atoms with Gasteiger partial charge >= 0.3 is 0 Å². The van der Waals surface area contributed by atoms with Crippen LogP contribution in [0.25, 0.3) is 0 Å². The van der Waals surface area contributed by atoms with Gasteiger partial charge in [-0.2, -0.15) is 0 Å². The molecule has 3 N–H and O–H groups in total. The Labute approximate surface area is 119 Å². The van der Waals surface area contributed by atoms with E-state index in [1.807, 2.05) is 0 Å². The molecule has 3 atom stereocenters. The van der Waals surface area contributed by atoms with E-state index in [0.717, 1.165) is 45.3 Å². The SMILES string of the molecule is O=C(C1CCCN1C1CCNCC1)N1C[C@@H](O)[C@@H](O)C1. The molecule has 1 unspecified atom stereocenters. The van der Waals surface area contributed by atoms with Crippen LogP contribution in [0.1, 0.15) is 25.7 Å². The third-order valence-electron chi connectivity index (χ3n) is 4.93. The summed E-state index contributed by atoms with van der Waals surface area (Å²) in [4.78, 5) is 16.6. The molecule has 0 radical (unpaired) electrons. The van der Waals surface area contributed by atoms with Crippen molar-refractivity contribution >= 4 is 5.91 Å². The molecule has 0 saturated carbocycles. The van der Waals surface area contributed by atoms with Crippen LogP contribution < -0.4 is 5.32 Å². The molecule has 3 rings (SSSR count).